The number of nitrogens with two attached hydrogens (primary N) is 1. The van der Waals surface area contributed by atoms with Gasteiger partial charge in [-0.2, -0.15) is 5.26 Å². The van der Waals surface area contributed by atoms with E-state index in [0.717, 1.165) is 0 Å². The molecule has 0 aliphatic carbocycles. The molecule has 0 amide bonds. The molecule has 0 aliphatic rings. The summed E-state index contributed by atoms with van der Waals surface area (Å²) in [6.45, 7) is 0.451. The normalized spacial score (nSPS) is 10.9. The Morgan fingerprint density at radius 1 is 1.50 bits per heavy atom. The fourth-order valence-corrected chi connectivity index (χ4v) is 2.52. The van der Waals surface area contributed by atoms with Crippen LogP contribution in [0.15, 0.2) is 23.1 Å². The van der Waals surface area contributed by atoms with E-state index in [1.54, 1.807) is 24.1 Å². The van der Waals surface area contributed by atoms with Gasteiger partial charge in [-0.1, -0.05) is 0 Å². The molecule has 0 radical (unpaired) electrons. The van der Waals surface area contributed by atoms with E-state index in [4.69, 9.17) is 11.0 Å². The molecule has 0 heterocycles. The Morgan fingerprint density at radius 3 is 2.72 bits per heavy atom. The van der Waals surface area contributed by atoms with E-state index in [9.17, 15) is 8.42 Å². The summed E-state index contributed by atoms with van der Waals surface area (Å²) >= 11 is 0. The molecular formula is C11H16N4O2S. The molecule has 0 fully saturated rings. The predicted octanol–water partition coefficient (Wildman–Crippen LogP) is 0.527. The van der Waals surface area contributed by atoms with E-state index in [0.29, 0.717) is 24.3 Å². The van der Waals surface area contributed by atoms with Crippen LogP contribution in [0.5, 0.6) is 0 Å². The van der Waals surface area contributed by atoms with E-state index in [-0.39, 0.29) is 4.90 Å². The molecule has 6 nitrogen and oxygen atoms in total. The van der Waals surface area contributed by atoms with Gasteiger partial charge in [0.2, 0.25) is 10.0 Å². The molecule has 3 N–H and O–H groups in total. The quantitative estimate of drug-likeness (QED) is 0.759. The van der Waals surface area contributed by atoms with Crippen LogP contribution in [0.4, 0.5) is 11.4 Å². The number of hydrogen-bond donors (Lipinski definition) is 2. The van der Waals surface area contributed by atoms with Gasteiger partial charge in [-0.05, 0) is 25.2 Å². The van der Waals surface area contributed by atoms with E-state index < -0.39 is 10.0 Å². The second-order valence-electron chi connectivity index (χ2n) is 3.76. The van der Waals surface area contributed by atoms with Crippen molar-refractivity contribution in [1.29, 1.82) is 5.26 Å². The lowest BCUT2D eigenvalue weighted by molar-refractivity contribution is 0.588. The molecule has 0 unspecified atom stereocenters. The van der Waals surface area contributed by atoms with Crippen LogP contribution in [0.2, 0.25) is 0 Å². The van der Waals surface area contributed by atoms with Gasteiger partial charge >= 0.3 is 0 Å². The fourth-order valence-electron chi connectivity index (χ4n) is 1.51. The smallest absolute Gasteiger partial charge is 0.242 e. The molecule has 98 valence electrons. The van der Waals surface area contributed by atoms with Crippen molar-refractivity contribution < 1.29 is 8.42 Å². The fraction of sp³-hybridized carbons (Fsp3) is 0.364. The van der Waals surface area contributed by atoms with Gasteiger partial charge < -0.3 is 10.6 Å². The third-order valence-electron chi connectivity index (χ3n) is 2.51. The Labute approximate surface area is 107 Å². The zero-order valence-corrected chi connectivity index (χ0v) is 11.2. The predicted molar refractivity (Wildman–Crippen MR) is 70.6 cm³/mol. The Hall–Kier alpha value is -1.78. The maximum absolute atomic E-state index is 11.9. The van der Waals surface area contributed by atoms with Gasteiger partial charge in [-0.3, -0.25) is 0 Å². The van der Waals surface area contributed by atoms with Crippen LogP contribution in [-0.4, -0.2) is 29.1 Å². The molecule has 0 bridgehead atoms. The van der Waals surface area contributed by atoms with Crippen LogP contribution in [0, 0.1) is 11.3 Å². The Kier molecular flexibility index (Phi) is 4.53. The molecule has 0 saturated heterocycles. The van der Waals surface area contributed by atoms with Crippen molar-refractivity contribution in [2.24, 2.45) is 0 Å². The van der Waals surface area contributed by atoms with Crippen LogP contribution < -0.4 is 15.4 Å². The minimum absolute atomic E-state index is 0.116. The lowest BCUT2D eigenvalue weighted by Crippen LogP contribution is -2.25. The maximum Gasteiger partial charge on any atom is 0.242 e. The molecular weight excluding hydrogens is 252 g/mol. The van der Waals surface area contributed by atoms with E-state index in [1.807, 2.05) is 6.07 Å². The summed E-state index contributed by atoms with van der Waals surface area (Å²) in [7, 11) is -0.497. The number of anilines is 2. The lowest BCUT2D eigenvalue weighted by Gasteiger charge is -2.21. The van der Waals surface area contributed by atoms with E-state index >= 15 is 0 Å². The van der Waals surface area contributed by atoms with Crippen molar-refractivity contribution in [3.05, 3.63) is 18.2 Å². The SMILES string of the molecule is CNS(=O)(=O)c1cc(N)ccc1N(C)CCC#N. The molecule has 0 atom stereocenters. The molecule has 0 spiro atoms. The molecule has 1 rings (SSSR count). The third kappa shape index (κ3) is 3.12. The monoisotopic (exact) mass is 268 g/mol. The first kappa shape index (κ1) is 14.3. The van der Waals surface area contributed by atoms with Crippen molar-refractivity contribution in [3.63, 3.8) is 0 Å². The number of nitrogen functional groups attached to an aromatic ring is 1. The van der Waals surface area contributed by atoms with Crippen molar-refractivity contribution in [3.8, 4) is 6.07 Å². The third-order valence-corrected chi connectivity index (χ3v) is 3.96. The van der Waals surface area contributed by atoms with E-state index in [2.05, 4.69) is 4.72 Å². The molecule has 0 saturated carbocycles. The summed E-state index contributed by atoms with van der Waals surface area (Å²) in [6.07, 6.45) is 0.319. The highest BCUT2D eigenvalue weighted by Crippen LogP contribution is 2.26. The number of nitriles is 1. The zero-order valence-electron chi connectivity index (χ0n) is 10.3. The molecule has 0 aliphatic heterocycles. The van der Waals surface area contributed by atoms with Crippen LogP contribution >= 0.6 is 0 Å². The first-order valence-corrected chi connectivity index (χ1v) is 6.82. The maximum atomic E-state index is 11.9. The second kappa shape index (κ2) is 5.71. The Balaban J connectivity index is 3.24. The Morgan fingerprint density at radius 2 is 2.17 bits per heavy atom. The van der Waals surface area contributed by atoms with Gasteiger partial charge in [0.1, 0.15) is 4.90 Å². The number of rotatable bonds is 5. The minimum Gasteiger partial charge on any atom is -0.399 e. The second-order valence-corrected chi connectivity index (χ2v) is 5.62. The summed E-state index contributed by atoms with van der Waals surface area (Å²) < 4.78 is 26.0. The van der Waals surface area contributed by atoms with Crippen molar-refractivity contribution in [2.45, 2.75) is 11.3 Å². The highest BCUT2D eigenvalue weighted by Gasteiger charge is 2.19. The average Bonchev–Trinajstić information content (AvgIpc) is 2.35. The molecule has 1 aromatic carbocycles. The highest BCUT2D eigenvalue weighted by molar-refractivity contribution is 7.89. The van der Waals surface area contributed by atoms with Gasteiger partial charge in [-0.15, -0.1) is 0 Å². The number of nitrogens with zero attached hydrogens (tertiary/aromatic N) is 2. The highest BCUT2D eigenvalue weighted by atomic mass is 32.2. The van der Waals surface area contributed by atoms with Gasteiger partial charge in [0.25, 0.3) is 0 Å². The summed E-state index contributed by atoms with van der Waals surface area (Å²) in [4.78, 5) is 1.83. The summed E-state index contributed by atoms with van der Waals surface area (Å²) in [5.41, 5.74) is 6.51. The first-order chi connectivity index (χ1) is 8.42. The topological polar surface area (TPSA) is 99.2 Å². The largest absolute Gasteiger partial charge is 0.399 e. The molecule has 7 heteroatoms. The Bertz CT molecular complexity index is 563. The van der Waals surface area contributed by atoms with Crippen molar-refractivity contribution >= 4 is 21.4 Å². The van der Waals surface area contributed by atoms with Crippen molar-refractivity contribution in [2.75, 3.05) is 31.3 Å². The minimum atomic E-state index is -3.58. The molecule has 1 aromatic rings. The van der Waals surface area contributed by atoms with Gasteiger partial charge in [-0.25, -0.2) is 13.1 Å². The number of sulfonamides is 1. The van der Waals surface area contributed by atoms with E-state index in [1.165, 1.54) is 13.1 Å². The average molecular weight is 268 g/mol. The summed E-state index contributed by atoms with van der Waals surface area (Å²) in [6, 6.07) is 6.69. The van der Waals surface area contributed by atoms with Crippen LogP contribution in [-0.2, 0) is 10.0 Å². The van der Waals surface area contributed by atoms with Gasteiger partial charge in [0, 0.05) is 19.3 Å². The summed E-state index contributed by atoms with van der Waals surface area (Å²) in [5.74, 6) is 0. The number of nitrogens with one attached hydrogen (secondary N) is 1. The molecule has 18 heavy (non-hydrogen) atoms. The number of benzene rings is 1. The van der Waals surface area contributed by atoms with Gasteiger partial charge in [0.05, 0.1) is 18.2 Å². The lowest BCUT2D eigenvalue weighted by atomic mass is 10.2. The number of hydrogen-bond acceptors (Lipinski definition) is 5. The standard InChI is InChI=1S/C11H16N4O2S/c1-14-18(16,17)11-8-9(13)4-5-10(11)15(2)7-3-6-12/h4-5,8,14H,3,7,13H2,1-2H3. The first-order valence-electron chi connectivity index (χ1n) is 5.33. The zero-order chi connectivity index (χ0) is 13.8. The van der Waals surface area contributed by atoms with Crippen molar-refractivity contribution in [1.82, 2.24) is 4.72 Å². The van der Waals surface area contributed by atoms with Crippen LogP contribution in [0.25, 0.3) is 0 Å². The van der Waals surface area contributed by atoms with Gasteiger partial charge in [0.15, 0.2) is 0 Å². The molecule has 0 aromatic heterocycles. The summed E-state index contributed by atoms with van der Waals surface area (Å²) in [5, 5.41) is 8.55. The van der Waals surface area contributed by atoms with Crippen LogP contribution in [0.3, 0.4) is 0 Å². The van der Waals surface area contributed by atoms with Crippen LogP contribution in [0.1, 0.15) is 6.42 Å².